The topological polar surface area (TPSA) is 46.2 Å². The monoisotopic (exact) mass is 281 g/mol. The molecule has 0 saturated heterocycles. The Balaban J connectivity index is 2.02. The van der Waals surface area contributed by atoms with E-state index in [0.717, 1.165) is 24.0 Å². The normalized spacial score (nSPS) is 24.1. The summed E-state index contributed by atoms with van der Waals surface area (Å²) in [5.41, 5.74) is 12.2. The predicted octanol–water partition coefficient (Wildman–Crippen LogP) is 3.81. The molecule has 2 unspecified atom stereocenters. The molecule has 1 aliphatic rings. The van der Waals surface area contributed by atoms with Crippen LogP contribution in [-0.4, -0.2) is 5.11 Å². The number of aryl methyl sites for hydroxylation is 2. The molecule has 2 aromatic carbocycles. The molecule has 0 heterocycles. The molecule has 2 atom stereocenters. The lowest BCUT2D eigenvalue weighted by Crippen LogP contribution is -2.30. The second kappa shape index (κ2) is 4.88. The zero-order valence-corrected chi connectivity index (χ0v) is 13.0. The van der Waals surface area contributed by atoms with Crippen molar-refractivity contribution in [3.63, 3.8) is 0 Å². The van der Waals surface area contributed by atoms with E-state index in [-0.39, 0.29) is 11.5 Å². The largest absolute Gasteiger partial charge is 0.507 e. The van der Waals surface area contributed by atoms with Gasteiger partial charge in [-0.25, -0.2) is 0 Å². The third kappa shape index (κ3) is 2.24. The van der Waals surface area contributed by atoms with E-state index in [4.69, 9.17) is 5.73 Å². The average molecular weight is 281 g/mol. The zero-order chi connectivity index (χ0) is 15.2. The van der Waals surface area contributed by atoms with Gasteiger partial charge in [-0.2, -0.15) is 0 Å². The highest BCUT2D eigenvalue weighted by atomic mass is 16.3. The van der Waals surface area contributed by atoms with Gasteiger partial charge >= 0.3 is 0 Å². The summed E-state index contributed by atoms with van der Waals surface area (Å²) in [5, 5.41) is 10.4. The van der Waals surface area contributed by atoms with Gasteiger partial charge in [-0.05, 0) is 54.4 Å². The number of phenolic OH excluding ortho intramolecular Hbond substituents is 1. The number of nitrogens with two attached hydrogens (primary N) is 1. The number of fused-ring (bicyclic) bond motifs is 1. The minimum atomic E-state index is -0.119. The summed E-state index contributed by atoms with van der Waals surface area (Å²) in [4.78, 5) is 0. The van der Waals surface area contributed by atoms with E-state index in [1.165, 1.54) is 16.7 Å². The van der Waals surface area contributed by atoms with Crippen molar-refractivity contribution in [2.24, 2.45) is 11.1 Å². The smallest absolute Gasteiger partial charge is 0.123 e. The summed E-state index contributed by atoms with van der Waals surface area (Å²) < 4.78 is 0. The molecular formula is C19H23NO. The molecule has 0 radical (unpaired) electrons. The van der Waals surface area contributed by atoms with Crippen molar-refractivity contribution in [3.05, 3.63) is 64.2 Å². The van der Waals surface area contributed by atoms with Gasteiger partial charge in [0, 0.05) is 11.6 Å². The lowest BCUT2D eigenvalue weighted by molar-refractivity contribution is 0.275. The Labute approximate surface area is 126 Å². The zero-order valence-electron chi connectivity index (χ0n) is 13.0. The van der Waals surface area contributed by atoms with Crippen molar-refractivity contribution in [3.8, 4) is 5.75 Å². The minimum absolute atomic E-state index is 0.0419. The maximum atomic E-state index is 10.4. The molecule has 0 amide bonds. The first-order valence-corrected chi connectivity index (χ1v) is 7.54. The summed E-state index contributed by atoms with van der Waals surface area (Å²) in [7, 11) is 0. The summed E-state index contributed by atoms with van der Waals surface area (Å²) in [6, 6.07) is 12.4. The fourth-order valence-electron chi connectivity index (χ4n) is 3.71. The second-order valence-electron chi connectivity index (χ2n) is 6.72. The summed E-state index contributed by atoms with van der Waals surface area (Å²) >= 11 is 0. The van der Waals surface area contributed by atoms with Gasteiger partial charge in [0.25, 0.3) is 0 Å². The molecule has 0 saturated carbocycles. The Morgan fingerprint density at radius 3 is 2.52 bits per heavy atom. The van der Waals surface area contributed by atoms with Gasteiger partial charge < -0.3 is 10.8 Å². The Hall–Kier alpha value is -1.80. The molecule has 3 N–H and O–H groups in total. The van der Waals surface area contributed by atoms with Gasteiger partial charge in [-0.1, -0.05) is 43.3 Å². The van der Waals surface area contributed by atoms with E-state index in [1.807, 2.05) is 13.0 Å². The number of aromatic hydroxyl groups is 1. The van der Waals surface area contributed by atoms with Crippen LogP contribution in [0, 0.1) is 19.3 Å². The highest BCUT2D eigenvalue weighted by molar-refractivity contribution is 5.54. The first-order valence-electron chi connectivity index (χ1n) is 7.54. The lowest BCUT2D eigenvalue weighted by atomic mass is 9.78. The second-order valence-corrected chi connectivity index (χ2v) is 6.72. The van der Waals surface area contributed by atoms with E-state index in [2.05, 4.69) is 44.2 Å². The van der Waals surface area contributed by atoms with Gasteiger partial charge in [0.05, 0.1) is 0 Å². The van der Waals surface area contributed by atoms with Crippen molar-refractivity contribution < 1.29 is 5.11 Å². The SMILES string of the molecule is Cc1cc(C)c2c(c1O)C(N)C(C)(Cc1ccccc1)C2. The third-order valence-corrected chi connectivity index (χ3v) is 4.96. The van der Waals surface area contributed by atoms with Crippen LogP contribution in [0.3, 0.4) is 0 Å². The third-order valence-electron chi connectivity index (χ3n) is 4.96. The number of hydrogen-bond donors (Lipinski definition) is 2. The number of phenols is 1. The molecule has 1 aliphatic carbocycles. The van der Waals surface area contributed by atoms with Crippen LogP contribution in [0.25, 0.3) is 0 Å². The molecule has 0 aromatic heterocycles. The maximum absolute atomic E-state index is 10.4. The van der Waals surface area contributed by atoms with Crippen LogP contribution in [0.4, 0.5) is 0 Å². The van der Waals surface area contributed by atoms with Crippen molar-refractivity contribution >= 4 is 0 Å². The van der Waals surface area contributed by atoms with Crippen molar-refractivity contribution in [2.45, 2.75) is 39.7 Å². The van der Waals surface area contributed by atoms with Gasteiger partial charge in [0.1, 0.15) is 5.75 Å². The fourth-order valence-corrected chi connectivity index (χ4v) is 3.71. The van der Waals surface area contributed by atoms with Crippen LogP contribution in [-0.2, 0) is 12.8 Å². The molecule has 0 fully saturated rings. The van der Waals surface area contributed by atoms with E-state index in [9.17, 15) is 5.11 Å². The quantitative estimate of drug-likeness (QED) is 0.879. The molecule has 0 aliphatic heterocycles. The number of rotatable bonds is 2. The van der Waals surface area contributed by atoms with Crippen molar-refractivity contribution in [1.82, 2.24) is 0 Å². The Bertz CT molecular complexity index is 678. The van der Waals surface area contributed by atoms with E-state index >= 15 is 0 Å². The van der Waals surface area contributed by atoms with Gasteiger partial charge in [0.2, 0.25) is 0 Å². The maximum Gasteiger partial charge on any atom is 0.123 e. The molecule has 2 nitrogen and oxygen atoms in total. The molecule has 21 heavy (non-hydrogen) atoms. The number of hydrogen-bond acceptors (Lipinski definition) is 2. The average Bonchev–Trinajstić information content (AvgIpc) is 2.71. The van der Waals surface area contributed by atoms with Gasteiger partial charge in [-0.3, -0.25) is 0 Å². The molecule has 2 heteroatoms. The van der Waals surface area contributed by atoms with Crippen LogP contribution < -0.4 is 5.73 Å². The Morgan fingerprint density at radius 1 is 1.19 bits per heavy atom. The molecular weight excluding hydrogens is 258 g/mol. The van der Waals surface area contributed by atoms with Crippen molar-refractivity contribution in [1.29, 1.82) is 0 Å². The predicted molar refractivity (Wildman–Crippen MR) is 86.5 cm³/mol. The molecule has 0 spiro atoms. The summed E-state index contributed by atoms with van der Waals surface area (Å²) in [6.07, 6.45) is 1.86. The summed E-state index contributed by atoms with van der Waals surface area (Å²) in [6.45, 7) is 6.30. The van der Waals surface area contributed by atoms with Crippen molar-refractivity contribution in [2.75, 3.05) is 0 Å². The van der Waals surface area contributed by atoms with E-state index in [1.54, 1.807) is 0 Å². The van der Waals surface area contributed by atoms with Crippen LogP contribution in [0.5, 0.6) is 5.75 Å². The van der Waals surface area contributed by atoms with Crippen LogP contribution >= 0.6 is 0 Å². The van der Waals surface area contributed by atoms with E-state index < -0.39 is 0 Å². The first kappa shape index (κ1) is 14.2. The standard InChI is InChI=1S/C19H23NO/c1-12-9-13(2)17(21)16-15(12)11-19(3,18(16)20)10-14-7-5-4-6-8-14/h4-9,18,21H,10-11,20H2,1-3H3. The van der Waals surface area contributed by atoms with E-state index in [0.29, 0.717) is 5.75 Å². The first-order chi connectivity index (χ1) is 9.92. The number of benzene rings is 2. The van der Waals surface area contributed by atoms with Gasteiger partial charge in [-0.15, -0.1) is 0 Å². The highest BCUT2D eigenvalue weighted by Gasteiger charge is 2.43. The molecule has 110 valence electrons. The fraction of sp³-hybridized carbons (Fsp3) is 0.368. The minimum Gasteiger partial charge on any atom is -0.507 e. The van der Waals surface area contributed by atoms with Crippen LogP contribution in [0.2, 0.25) is 0 Å². The van der Waals surface area contributed by atoms with Gasteiger partial charge in [0.15, 0.2) is 0 Å². The molecule has 2 aromatic rings. The van der Waals surface area contributed by atoms with Crippen LogP contribution in [0.1, 0.15) is 40.8 Å². The molecule has 3 rings (SSSR count). The molecule has 0 bridgehead atoms. The highest BCUT2D eigenvalue weighted by Crippen LogP contribution is 2.51. The summed E-state index contributed by atoms with van der Waals surface area (Å²) in [5.74, 6) is 0.389. The lowest BCUT2D eigenvalue weighted by Gasteiger charge is -2.29. The Morgan fingerprint density at radius 2 is 1.86 bits per heavy atom. The Kier molecular flexibility index (Phi) is 3.29. The van der Waals surface area contributed by atoms with Crippen LogP contribution in [0.15, 0.2) is 36.4 Å².